The number of carbonyl (C=O) groups excluding carboxylic acids is 2. The van der Waals surface area contributed by atoms with Crippen molar-refractivity contribution in [3.8, 4) is 5.75 Å². The second kappa shape index (κ2) is 7.89. The fraction of sp³-hybridized carbons (Fsp3) is 0.600. The van der Waals surface area contributed by atoms with Gasteiger partial charge in [0.2, 0.25) is 11.8 Å². The molecule has 25 heavy (non-hydrogen) atoms. The molecule has 1 aromatic rings. The summed E-state index contributed by atoms with van der Waals surface area (Å²) in [6.07, 6.45) is 4.91. The van der Waals surface area contributed by atoms with E-state index < -0.39 is 0 Å². The molecule has 3 rings (SSSR count). The fourth-order valence-electron chi connectivity index (χ4n) is 3.91. The van der Waals surface area contributed by atoms with Crippen LogP contribution in [0.15, 0.2) is 24.3 Å². The summed E-state index contributed by atoms with van der Waals surface area (Å²) in [7, 11) is 0. The van der Waals surface area contributed by atoms with Crippen LogP contribution in [-0.4, -0.2) is 35.9 Å². The van der Waals surface area contributed by atoms with E-state index in [1.165, 1.54) is 12.8 Å². The van der Waals surface area contributed by atoms with Crippen LogP contribution in [0.3, 0.4) is 0 Å². The first kappa shape index (κ1) is 17.8. The van der Waals surface area contributed by atoms with Gasteiger partial charge in [-0.3, -0.25) is 9.59 Å². The maximum Gasteiger partial charge on any atom is 0.225 e. The lowest BCUT2D eigenvalue weighted by molar-refractivity contribution is -0.130. The Bertz CT molecular complexity index is 608. The van der Waals surface area contributed by atoms with Crippen LogP contribution in [0.5, 0.6) is 5.75 Å². The summed E-state index contributed by atoms with van der Waals surface area (Å²) in [5, 5.41) is 3.06. The minimum Gasteiger partial charge on any atom is -0.494 e. The van der Waals surface area contributed by atoms with Crippen LogP contribution in [-0.2, 0) is 9.59 Å². The molecule has 1 aliphatic carbocycles. The SMILES string of the molecule is CCOc1ccc([C@@H](C)NC(=O)[C@H]2CC(=O)N(C3CCCC3)C2)cc1. The molecule has 0 spiro atoms. The summed E-state index contributed by atoms with van der Waals surface area (Å²) in [6.45, 7) is 5.14. The van der Waals surface area contributed by atoms with E-state index in [0.717, 1.165) is 24.2 Å². The zero-order valence-corrected chi connectivity index (χ0v) is 15.2. The number of hydrogen-bond donors (Lipinski definition) is 1. The number of carbonyl (C=O) groups is 2. The van der Waals surface area contributed by atoms with E-state index in [2.05, 4.69) is 5.32 Å². The lowest BCUT2D eigenvalue weighted by Crippen LogP contribution is -2.37. The number of ether oxygens (including phenoxy) is 1. The highest BCUT2D eigenvalue weighted by atomic mass is 16.5. The topological polar surface area (TPSA) is 58.6 Å². The quantitative estimate of drug-likeness (QED) is 0.863. The second-order valence-electron chi connectivity index (χ2n) is 7.12. The van der Waals surface area contributed by atoms with Crippen molar-refractivity contribution in [1.82, 2.24) is 10.2 Å². The number of nitrogens with one attached hydrogen (secondary N) is 1. The number of benzene rings is 1. The minimum absolute atomic E-state index is 0.0183. The molecule has 5 nitrogen and oxygen atoms in total. The van der Waals surface area contributed by atoms with Gasteiger partial charge in [0.05, 0.1) is 18.6 Å². The molecular weight excluding hydrogens is 316 g/mol. The molecule has 0 aromatic heterocycles. The molecule has 2 atom stereocenters. The molecule has 5 heteroatoms. The summed E-state index contributed by atoms with van der Waals surface area (Å²) in [5.74, 6) is 0.729. The van der Waals surface area contributed by atoms with Gasteiger partial charge >= 0.3 is 0 Å². The Morgan fingerprint density at radius 3 is 2.60 bits per heavy atom. The maximum atomic E-state index is 12.6. The van der Waals surface area contributed by atoms with E-state index >= 15 is 0 Å². The third kappa shape index (κ3) is 4.14. The van der Waals surface area contributed by atoms with E-state index in [-0.39, 0.29) is 23.8 Å². The Labute approximate surface area is 149 Å². The van der Waals surface area contributed by atoms with Crippen LogP contribution >= 0.6 is 0 Å². The number of nitrogens with zero attached hydrogens (tertiary/aromatic N) is 1. The fourth-order valence-corrected chi connectivity index (χ4v) is 3.91. The van der Waals surface area contributed by atoms with E-state index in [1.807, 2.05) is 43.0 Å². The monoisotopic (exact) mass is 344 g/mol. The van der Waals surface area contributed by atoms with Crippen molar-refractivity contribution < 1.29 is 14.3 Å². The van der Waals surface area contributed by atoms with Crippen LogP contribution in [0.2, 0.25) is 0 Å². The van der Waals surface area contributed by atoms with Gasteiger partial charge in [0.15, 0.2) is 0 Å². The Morgan fingerprint density at radius 2 is 1.96 bits per heavy atom. The zero-order chi connectivity index (χ0) is 17.8. The highest BCUT2D eigenvalue weighted by Gasteiger charge is 2.38. The molecule has 136 valence electrons. The lowest BCUT2D eigenvalue weighted by atomic mass is 10.0. The van der Waals surface area contributed by atoms with Gasteiger partial charge in [-0.05, 0) is 44.4 Å². The Kier molecular flexibility index (Phi) is 5.61. The molecule has 1 aromatic carbocycles. The van der Waals surface area contributed by atoms with Gasteiger partial charge in [0.1, 0.15) is 5.75 Å². The molecule has 1 aliphatic heterocycles. The van der Waals surface area contributed by atoms with Crippen molar-refractivity contribution in [3.05, 3.63) is 29.8 Å². The van der Waals surface area contributed by atoms with Crippen LogP contribution in [0, 0.1) is 5.92 Å². The van der Waals surface area contributed by atoms with Gasteiger partial charge in [0, 0.05) is 19.0 Å². The van der Waals surface area contributed by atoms with E-state index in [0.29, 0.717) is 25.6 Å². The van der Waals surface area contributed by atoms with Crippen molar-refractivity contribution in [1.29, 1.82) is 0 Å². The lowest BCUT2D eigenvalue weighted by Gasteiger charge is -2.24. The number of likely N-dealkylation sites (tertiary alicyclic amines) is 1. The average molecular weight is 344 g/mol. The molecule has 0 unspecified atom stereocenters. The Hall–Kier alpha value is -2.04. The summed E-state index contributed by atoms with van der Waals surface area (Å²) in [6, 6.07) is 8.05. The molecule has 1 saturated carbocycles. The van der Waals surface area contributed by atoms with Crippen molar-refractivity contribution >= 4 is 11.8 Å². The number of hydrogen-bond acceptors (Lipinski definition) is 3. The third-order valence-corrected chi connectivity index (χ3v) is 5.34. The zero-order valence-electron chi connectivity index (χ0n) is 15.2. The molecule has 1 N–H and O–H groups in total. The van der Waals surface area contributed by atoms with Crippen molar-refractivity contribution in [2.24, 2.45) is 5.92 Å². The molecule has 2 amide bonds. The molecule has 1 saturated heterocycles. The standard InChI is InChI=1S/C20H28N2O3/c1-3-25-18-10-8-15(9-11-18)14(2)21-20(24)16-12-19(23)22(13-16)17-6-4-5-7-17/h8-11,14,16-17H,3-7,12-13H2,1-2H3,(H,21,24)/t14-,16+/m1/s1. The molecular formula is C20H28N2O3. The normalized spacial score (nSPS) is 22.2. The first-order chi connectivity index (χ1) is 12.1. The summed E-state index contributed by atoms with van der Waals surface area (Å²) < 4.78 is 5.44. The molecule has 0 bridgehead atoms. The van der Waals surface area contributed by atoms with Gasteiger partial charge in [-0.2, -0.15) is 0 Å². The van der Waals surface area contributed by atoms with Crippen LogP contribution in [0.25, 0.3) is 0 Å². The summed E-state index contributed by atoms with van der Waals surface area (Å²) >= 11 is 0. The van der Waals surface area contributed by atoms with E-state index in [4.69, 9.17) is 4.74 Å². The maximum absolute atomic E-state index is 12.6. The van der Waals surface area contributed by atoms with E-state index in [1.54, 1.807) is 0 Å². The summed E-state index contributed by atoms with van der Waals surface area (Å²) in [4.78, 5) is 26.8. The largest absolute Gasteiger partial charge is 0.494 e. The smallest absolute Gasteiger partial charge is 0.225 e. The van der Waals surface area contributed by atoms with Gasteiger partial charge in [-0.15, -0.1) is 0 Å². The minimum atomic E-state index is -0.224. The van der Waals surface area contributed by atoms with Crippen molar-refractivity contribution in [3.63, 3.8) is 0 Å². The Morgan fingerprint density at radius 1 is 1.28 bits per heavy atom. The highest BCUT2D eigenvalue weighted by molar-refractivity contribution is 5.89. The first-order valence-corrected chi connectivity index (χ1v) is 9.41. The van der Waals surface area contributed by atoms with E-state index in [9.17, 15) is 9.59 Å². The third-order valence-electron chi connectivity index (χ3n) is 5.34. The number of amides is 2. The molecule has 2 aliphatic rings. The molecule has 2 fully saturated rings. The highest BCUT2D eigenvalue weighted by Crippen LogP contribution is 2.30. The predicted molar refractivity (Wildman–Crippen MR) is 96.2 cm³/mol. The van der Waals surface area contributed by atoms with Gasteiger partial charge < -0.3 is 15.0 Å². The average Bonchev–Trinajstić information content (AvgIpc) is 3.25. The van der Waals surface area contributed by atoms with Crippen molar-refractivity contribution in [2.75, 3.05) is 13.2 Å². The Balaban J connectivity index is 1.55. The first-order valence-electron chi connectivity index (χ1n) is 9.41. The van der Waals surface area contributed by atoms with Crippen LogP contribution in [0.1, 0.15) is 57.6 Å². The van der Waals surface area contributed by atoms with Gasteiger partial charge in [0.25, 0.3) is 0 Å². The van der Waals surface area contributed by atoms with Crippen LogP contribution in [0.4, 0.5) is 0 Å². The van der Waals surface area contributed by atoms with Gasteiger partial charge in [-0.25, -0.2) is 0 Å². The summed E-state index contributed by atoms with van der Waals surface area (Å²) in [5.41, 5.74) is 1.04. The molecule has 0 radical (unpaired) electrons. The molecule has 1 heterocycles. The van der Waals surface area contributed by atoms with Crippen molar-refractivity contribution in [2.45, 2.75) is 58.0 Å². The second-order valence-corrected chi connectivity index (χ2v) is 7.12. The number of rotatable bonds is 6. The van der Waals surface area contributed by atoms with Gasteiger partial charge in [-0.1, -0.05) is 25.0 Å². The van der Waals surface area contributed by atoms with Crippen LogP contribution < -0.4 is 10.1 Å². The predicted octanol–water partition coefficient (Wildman–Crippen LogP) is 3.05.